The van der Waals surface area contributed by atoms with Crippen molar-refractivity contribution in [2.75, 3.05) is 19.0 Å². The zero-order valence-electron chi connectivity index (χ0n) is 15.6. The number of amides is 1. The molecule has 3 aromatic rings. The number of hydrogen-bond acceptors (Lipinski definition) is 6. The van der Waals surface area contributed by atoms with Crippen LogP contribution in [0.3, 0.4) is 0 Å². The molecule has 2 aromatic carbocycles. The van der Waals surface area contributed by atoms with Crippen molar-refractivity contribution in [1.29, 1.82) is 0 Å². The van der Waals surface area contributed by atoms with E-state index in [9.17, 15) is 9.59 Å². The van der Waals surface area contributed by atoms with Gasteiger partial charge in [0.15, 0.2) is 5.13 Å². The molecule has 0 aliphatic heterocycles. The molecule has 28 heavy (non-hydrogen) atoms. The highest BCUT2D eigenvalue weighted by Gasteiger charge is 2.10. The van der Waals surface area contributed by atoms with Gasteiger partial charge >= 0.3 is 5.97 Å². The van der Waals surface area contributed by atoms with Gasteiger partial charge in [-0.15, -0.1) is 11.3 Å². The predicted octanol–water partition coefficient (Wildman–Crippen LogP) is 4.18. The summed E-state index contributed by atoms with van der Waals surface area (Å²) in [6, 6.07) is 14.4. The molecule has 0 saturated carbocycles. The second-order valence-corrected chi connectivity index (χ2v) is 6.77. The van der Waals surface area contributed by atoms with E-state index in [4.69, 9.17) is 9.47 Å². The van der Waals surface area contributed by atoms with Crippen LogP contribution in [0.5, 0.6) is 5.75 Å². The van der Waals surface area contributed by atoms with Gasteiger partial charge in [-0.1, -0.05) is 24.3 Å². The third-order valence-corrected chi connectivity index (χ3v) is 4.71. The average molecular weight is 396 g/mol. The van der Waals surface area contributed by atoms with E-state index in [1.54, 1.807) is 24.3 Å². The summed E-state index contributed by atoms with van der Waals surface area (Å²) in [5.74, 6) is 0.271. The lowest BCUT2D eigenvalue weighted by Crippen LogP contribution is -2.14. The summed E-state index contributed by atoms with van der Waals surface area (Å²) in [5.41, 5.74) is 2.97. The summed E-state index contributed by atoms with van der Waals surface area (Å²) >= 11 is 1.35. The van der Waals surface area contributed by atoms with Crippen molar-refractivity contribution >= 4 is 28.3 Å². The molecule has 0 saturated heterocycles. The van der Waals surface area contributed by atoms with Gasteiger partial charge in [0.2, 0.25) is 5.91 Å². The van der Waals surface area contributed by atoms with Gasteiger partial charge in [-0.05, 0) is 36.8 Å². The van der Waals surface area contributed by atoms with Crippen LogP contribution in [0.2, 0.25) is 0 Å². The number of aromatic nitrogens is 1. The summed E-state index contributed by atoms with van der Waals surface area (Å²) in [6.07, 6.45) is 0.259. The Balaban J connectivity index is 1.60. The number of nitrogens with one attached hydrogen (secondary N) is 1. The molecule has 0 bridgehead atoms. The van der Waals surface area contributed by atoms with E-state index >= 15 is 0 Å². The molecule has 1 N–H and O–H groups in total. The van der Waals surface area contributed by atoms with Crippen LogP contribution in [0.15, 0.2) is 53.9 Å². The van der Waals surface area contributed by atoms with Crippen LogP contribution in [0, 0.1) is 0 Å². The SMILES string of the molecule is CCOc1ccc(CC(=O)Nc2nc(-c3ccc(C(=O)OC)cc3)cs2)cc1. The number of carbonyl (C=O) groups is 2. The summed E-state index contributed by atoms with van der Waals surface area (Å²) in [6.45, 7) is 2.54. The number of benzene rings is 2. The van der Waals surface area contributed by atoms with Gasteiger partial charge in [0.05, 0.1) is 31.4 Å². The van der Waals surface area contributed by atoms with Gasteiger partial charge in [0.1, 0.15) is 5.75 Å². The van der Waals surface area contributed by atoms with Crippen LogP contribution < -0.4 is 10.1 Å². The molecule has 0 unspecified atom stereocenters. The highest BCUT2D eigenvalue weighted by atomic mass is 32.1. The van der Waals surface area contributed by atoms with E-state index in [-0.39, 0.29) is 18.3 Å². The Labute approximate surface area is 167 Å². The maximum Gasteiger partial charge on any atom is 0.337 e. The van der Waals surface area contributed by atoms with Crippen LogP contribution >= 0.6 is 11.3 Å². The quantitative estimate of drug-likeness (QED) is 0.606. The number of thiazole rings is 1. The first-order chi connectivity index (χ1) is 13.6. The molecule has 144 valence electrons. The molecule has 6 nitrogen and oxygen atoms in total. The Morgan fingerprint density at radius 3 is 2.43 bits per heavy atom. The zero-order chi connectivity index (χ0) is 19.9. The Kier molecular flexibility index (Phi) is 6.39. The van der Waals surface area contributed by atoms with Crippen molar-refractivity contribution in [1.82, 2.24) is 4.98 Å². The summed E-state index contributed by atoms with van der Waals surface area (Å²) in [4.78, 5) is 28.2. The minimum Gasteiger partial charge on any atom is -0.494 e. The molecule has 0 aliphatic rings. The van der Waals surface area contributed by atoms with Gasteiger partial charge in [0, 0.05) is 10.9 Å². The Morgan fingerprint density at radius 2 is 1.79 bits per heavy atom. The number of nitrogens with zero attached hydrogens (tertiary/aromatic N) is 1. The van der Waals surface area contributed by atoms with E-state index < -0.39 is 0 Å². The van der Waals surface area contributed by atoms with Gasteiger partial charge in [-0.3, -0.25) is 4.79 Å². The number of ether oxygens (including phenoxy) is 2. The largest absolute Gasteiger partial charge is 0.494 e. The average Bonchev–Trinajstić information content (AvgIpc) is 3.17. The topological polar surface area (TPSA) is 77.5 Å². The number of anilines is 1. The summed E-state index contributed by atoms with van der Waals surface area (Å²) in [7, 11) is 1.35. The van der Waals surface area contributed by atoms with Crippen molar-refractivity contribution < 1.29 is 19.1 Å². The molecule has 1 aromatic heterocycles. The molecule has 0 radical (unpaired) electrons. The van der Waals surface area contributed by atoms with Crippen molar-refractivity contribution in [3.05, 3.63) is 65.0 Å². The minimum absolute atomic E-state index is 0.133. The van der Waals surface area contributed by atoms with Crippen LogP contribution in [-0.4, -0.2) is 30.6 Å². The molecule has 0 spiro atoms. The molecular formula is C21H20N2O4S. The van der Waals surface area contributed by atoms with Crippen molar-refractivity contribution in [2.24, 2.45) is 0 Å². The Bertz CT molecular complexity index is 949. The fourth-order valence-electron chi connectivity index (χ4n) is 2.58. The molecule has 0 aliphatic carbocycles. The fraction of sp³-hybridized carbons (Fsp3) is 0.190. The van der Waals surface area contributed by atoms with Crippen LogP contribution in [0.1, 0.15) is 22.8 Å². The Hall–Kier alpha value is -3.19. The molecular weight excluding hydrogens is 376 g/mol. The third kappa shape index (κ3) is 4.95. The van der Waals surface area contributed by atoms with Crippen molar-refractivity contribution in [3.63, 3.8) is 0 Å². The standard InChI is InChI=1S/C21H20N2O4S/c1-3-27-17-10-4-14(5-11-17)12-19(24)23-21-22-18(13-28-21)15-6-8-16(9-7-15)20(25)26-2/h4-11,13H,3,12H2,1-2H3,(H,22,23,24). The third-order valence-electron chi connectivity index (χ3n) is 3.95. The lowest BCUT2D eigenvalue weighted by atomic mass is 10.1. The van der Waals surface area contributed by atoms with E-state index in [2.05, 4.69) is 10.3 Å². The second-order valence-electron chi connectivity index (χ2n) is 5.91. The van der Waals surface area contributed by atoms with E-state index in [0.29, 0.717) is 17.3 Å². The van der Waals surface area contributed by atoms with Crippen LogP contribution in [0.4, 0.5) is 5.13 Å². The minimum atomic E-state index is -0.382. The zero-order valence-corrected chi connectivity index (χ0v) is 16.4. The monoisotopic (exact) mass is 396 g/mol. The van der Waals surface area contributed by atoms with E-state index in [1.165, 1.54) is 18.4 Å². The van der Waals surface area contributed by atoms with Gasteiger partial charge in [-0.25, -0.2) is 9.78 Å². The molecule has 7 heteroatoms. The van der Waals surface area contributed by atoms with E-state index in [0.717, 1.165) is 22.6 Å². The molecule has 0 fully saturated rings. The number of carbonyl (C=O) groups excluding carboxylic acids is 2. The number of esters is 1. The van der Waals surface area contributed by atoms with Gasteiger partial charge < -0.3 is 14.8 Å². The molecule has 0 atom stereocenters. The molecule has 3 rings (SSSR count). The highest BCUT2D eigenvalue weighted by molar-refractivity contribution is 7.14. The molecule has 1 heterocycles. The van der Waals surface area contributed by atoms with Crippen molar-refractivity contribution in [3.8, 4) is 17.0 Å². The second kappa shape index (κ2) is 9.14. The number of rotatable bonds is 7. The normalized spacial score (nSPS) is 10.4. The van der Waals surface area contributed by atoms with Crippen molar-refractivity contribution in [2.45, 2.75) is 13.3 Å². The van der Waals surface area contributed by atoms with E-state index in [1.807, 2.05) is 36.6 Å². The maximum absolute atomic E-state index is 12.3. The number of hydrogen-bond donors (Lipinski definition) is 1. The van der Waals surface area contributed by atoms with Crippen LogP contribution in [0.25, 0.3) is 11.3 Å². The van der Waals surface area contributed by atoms with Gasteiger partial charge in [0.25, 0.3) is 0 Å². The lowest BCUT2D eigenvalue weighted by molar-refractivity contribution is -0.115. The predicted molar refractivity (Wildman–Crippen MR) is 109 cm³/mol. The highest BCUT2D eigenvalue weighted by Crippen LogP contribution is 2.25. The maximum atomic E-state index is 12.3. The summed E-state index contributed by atoms with van der Waals surface area (Å²) < 4.78 is 10.1. The molecule has 1 amide bonds. The van der Waals surface area contributed by atoms with Crippen LogP contribution in [-0.2, 0) is 16.0 Å². The fourth-order valence-corrected chi connectivity index (χ4v) is 3.31. The lowest BCUT2D eigenvalue weighted by Gasteiger charge is -2.05. The number of methoxy groups -OCH3 is 1. The summed E-state index contributed by atoms with van der Waals surface area (Å²) in [5, 5.41) is 5.21. The first-order valence-electron chi connectivity index (χ1n) is 8.75. The van der Waals surface area contributed by atoms with Gasteiger partial charge in [-0.2, -0.15) is 0 Å². The first-order valence-corrected chi connectivity index (χ1v) is 9.63. The Morgan fingerprint density at radius 1 is 1.07 bits per heavy atom. The smallest absolute Gasteiger partial charge is 0.337 e. The first kappa shape index (κ1) is 19.6.